The number of carbonyl (C=O) groups is 2. The Morgan fingerprint density at radius 1 is 1.00 bits per heavy atom. The summed E-state index contributed by atoms with van der Waals surface area (Å²) >= 11 is 0. The normalized spacial score (nSPS) is 18.3. The van der Waals surface area contributed by atoms with E-state index in [0.29, 0.717) is 17.7 Å². The minimum absolute atomic E-state index is 0.00752. The van der Waals surface area contributed by atoms with Crippen molar-refractivity contribution in [1.29, 1.82) is 0 Å². The lowest BCUT2D eigenvalue weighted by molar-refractivity contribution is -0.133. The van der Waals surface area contributed by atoms with Crippen LogP contribution in [0, 0.1) is 5.92 Å². The molecule has 3 aliphatic rings. The Bertz CT molecular complexity index is 1730. The van der Waals surface area contributed by atoms with Gasteiger partial charge in [-0.1, -0.05) is 43.3 Å². The van der Waals surface area contributed by atoms with Gasteiger partial charge in [-0.2, -0.15) is 5.10 Å². The zero-order chi connectivity index (χ0) is 30.4. The summed E-state index contributed by atoms with van der Waals surface area (Å²) in [5.41, 5.74) is 15.6. The van der Waals surface area contributed by atoms with Gasteiger partial charge in [-0.25, -0.2) is 9.48 Å². The first-order chi connectivity index (χ1) is 21.4. The third-order valence-corrected chi connectivity index (χ3v) is 9.72. The number of aromatic nitrogens is 2. The minimum Gasteiger partial charge on any atom is -0.477 e. The van der Waals surface area contributed by atoms with E-state index in [9.17, 15) is 14.7 Å². The molecule has 3 aromatic carbocycles. The Morgan fingerprint density at radius 2 is 1.80 bits per heavy atom. The molecule has 1 saturated heterocycles. The number of rotatable bonds is 8. The highest BCUT2D eigenvalue weighted by Crippen LogP contribution is 2.42. The summed E-state index contributed by atoms with van der Waals surface area (Å²) < 4.78 is 1.48. The highest BCUT2D eigenvalue weighted by Gasteiger charge is 2.35. The maximum Gasteiger partial charge on any atom is 0.341 e. The molecule has 2 fully saturated rings. The van der Waals surface area contributed by atoms with Gasteiger partial charge < -0.3 is 21.1 Å². The number of fused-ring (bicyclic) bond motifs is 1. The third-order valence-electron chi connectivity index (χ3n) is 9.72. The lowest BCUT2D eigenvalue weighted by Crippen LogP contribution is -2.38. The van der Waals surface area contributed by atoms with E-state index in [1.54, 1.807) is 0 Å². The van der Waals surface area contributed by atoms with Crippen LogP contribution in [0.5, 0.6) is 0 Å². The SMILES string of the molecule is CCc1cc(NC2CCc3cccc(-c4cccc(-n5ncc(C(=O)O)c5N)c4)c32)ccc1C1CCN(C(=O)C2CC2)CC1. The summed E-state index contributed by atoms with van der Waals surface area (Å²) in [4.78, 5) is 26.2. The lowest BCUT2D eigenvalue weighted by Gasteiger charge is -2.33. The molecule has 1 atom stereocenters. The van der Waals surface area contributed by atoms with Crippen molar-refractivity contribution in [2.45, 2.75) is 63.8 Å². The molecule has 2 aliphatic carbocycles. The molecule has 1 amide bonds. The number of nitrogens with two attached hydrogens (primary N) is 1. The zero-order valence-corrected chi connectivity index (χ0v) is 25.1. The Kier molecular flexibility index (Phi) is 7.36. The largest absolute Gasteiger partial charge is 0.477 e. The summed E-state index contributed by atoms with van der Waals surface area (Å²) in [5, 5.41) is 17.5. The number of nitrogens with zero attached hydrogens (tertiary/aromatic N) is 3. The Morgan fingerprint density at radius 3 is 2.52 bits per heavy atom. The van der Waals surface area contributed by atoms with E-state index < -0.39 is 5.97 Å². The molecule has 8 heteroatoms. The van der Waals surface area contributed by atoms with E-state index in [4.69, 9.17) is 5.73 Å². The highest BCUT2D eigenvalue weighted by atomic mass is 16.4. The van der Waals surface area contributed by atoms with Crippen LogP contribution in [0.15, 0.2) is 66.9 Å². The van der Waals surface area contributed by atoms with Crippen molar-refractivity contribution >= 4 is 23.4 Å². The second-order valence-corrected chi connectivity index (χ2v) is 12.5. The first kappa shape index (κ1) is 28.2. The van der Waals surface area contributed by atoms with E-state index in [2.05, 4.69) is 64.7 Å². The van der Waals surface area contributed by atoms with Gasteiger partial charge in [0, 0.05) is 24.7 Å². The molecule has 7 rings (SSSR count). The molecule has 226 valence electrons. The van der Waals surface area contributed by atoms with E-state index >= 15 is 0 Å². The number of amides is 1. The molecule has 4 aromatic rings. The van der Waals surface area contributed by atoms with Crippen LogP contribution in [-0.2, 0) is 17.6 Å². The van der Waals surface area contributed by atoms with Gasteiger partial charge in [0.2, 0.25) is 5.91 Å². The average molecular weight is 590 g/mol. The number of aromatic carboxylic acids is 1. The van der Waals surface area contributed by atoms with E-state index in [0.717, 1.165) is 80.5 Å². The number of carbonyl (C=O) groups excluding carboxylic acids is 1. The van der Waals surface area contributed by atoms with Crippen LogP contribution in [-0.4, -0.2) is 44.8 Å². The van der Waals surface area contributed by atoms with Crippen LogP contribution in [0.25, 0.3) is 16.8 Å². The molecule has 2 heterocycles. The molecule has 8 nitrogen and oxygen atoms in total. The predicted molar refractivity (Wildman–Crippen MR) is 172 cm³/mol. The lowest BCUT2D eigenvalue weighted by atomic mass is 9.85. The Labute approximate surface area is 257 Å². The number of nitrogen functional groups attached to an aromatic ring is 1. The quantitative estimate of drug-likeness (QED) is 0.214. The second kappa shape index (κ2) is 11.5. The van der Waals surface area contributed by atoms with Gasteiger partial charge in [0.05, 0.1) is 17.9 Å². The first-order valence-electron chi connectivity index (χ1n) is 15.9. The van der Waals surface area contributed by atoms with Gasteiger partial charge in [-0.3, -0.25) is 4.79 Å². The summed E-state index contributed by atoms with van der Waals surface area (Å²) in [6.45, 7) is 3.98. The number of benzene rings is 3. The molecular weight excluding hydrogens is 550 g/mol. The van der Waals surface area contributed by atoms with Crippen molar-refractivity contribution in [2.24, 2.45) is 5.92 Å². The maximum absolute atomic E-state index is 12.5. The highest BCUT2D eigenvalue weighted by molar-refractivity contribution is 5.92. The summed E-state index contributed by atoms with van der Waals surface area (Å²) in [7, 11) is 0. The molecular formula is C36H39N5O3. The van der Waals surface area contributed by atoms with Gasteiger partial charge in [0.25, 0.3) is 0 Å². The Hall–Kier alpha value is -4.59. The average Bonchev–Trinajstić information content (AvgIpc) is 3.71. The van der Waals surface area contributed by atoms with Crippen LogP contribution in [0.2, 0.25) is 0 Å². The number of likely N-dealkylation sites (tertiary alicyclic amines) is 1. The first-order valence-corrected chi connectivity index (χ1v) is 15.9. The molecule has 4 N–H and O–H groups in total. The molecule has 1 aliphatic heterocycles. The summed E-state index contributed by atoms with van der Waals surface area (Å²) in [6, 6.07) is 21.5. The van der Waals surface area contributed by atoms with Gasteiger partial charge in [-0.05, 0) is 109 Å². The van der Waals surface area contributed by atoms with Crippen molar-refractivity contribution in [3.8, 4) is 16.8 Å². The number of nitrogens with one attached hydrogen (secondary N) is 1. The zero-order valence-electron chi connectivity index (χ0n) is 25.1. The van der Waals surface area contributed by atoms with Gasteiger partial charge in [0.15, 0.2) is 0 Å². The molecule has 1 aromatic heterocycles. The fourth-order valence-electron chi connectivity index (χ4n) is 7.22. The summed E-state index contributed by atoms with van der Waals surface area (Å²) in [5.74, 6) is 0.198. The van der Waals surface area contributed by atoms with E-state index in [1.807, 2.05) is 18.2 Å². The smallest absolute Gasteiger partial charge is 0.341 e. The minimum atomic E-state index is -1.09. The third kappa shape index (κ3) is 5.23. The number of piperidine rings is 1. The molecule has 0 bridgehead atoms. The van der Waals surface area contributed by atoms with Crippen LogP contribution in [0.4, 0.5) is 11.5 Å². The number of anilines is 2. The fraction of sp³-hybridized carbons (Fsp3) is 0.361. The van der Waals surface area contributed by atoms with Gasteiger partial charge in [-0.15, -0.1) is 0 Å². The number of hydrogen-bond acceptors (Lipinski definition) is 5. The standard InChI is InChI=1S/C36H39N5O3/c1-2-22-19-27(12-13-29(22)23-15-17-40(18-16-23)35(42)25-9-10-25)39-32-14-11-24-5-4-8-30(33(24)32)26-6-3-7-28(20-26)41-34(37)31(21-38-41)36(43)44/h3-8,12-13,19-21,23,25,32,39H,2,9-11,14-18,37H2,1H3,(H,43,44). The Balaban J connectivity index is 1.12. The molecule has 0 spiro atoms. The van der Waals surface area contributed by atoms with Crippen molar-refractivity contribution in [2.75, 3.05) is 24.1 Å². The van der Waals surface area contributed by atoms with Crippen LogP contribution in [0.1, 0.15) is 83.6 Å². The fourth-order valence-corrected chi connectivity index (χ4v) is 7.22. The maximum atomic E-state index is 12.5. The van der Waals surface area contributed by atoms with Crippen molar-refractivity contribution in [3.05, 3.63) is 94.7 Å². The monoisotopic (exact) mass is 589 g/mol. The molecule has 0 radical (unpaired) electrons. The molecule has 1 saturated carbocycles. The number of aryl methyl sites for hydroxylation is 2. The van der Waals surface area contributed by atoms with Crippen LogP contribution < -0.4 is 11.1 Å². The topological polar surface area (TPSA) is 113 Å². The predicted octanol–water partition coefficient (Wildman–Crippen LogP) is 6.60. The van der Waals surface area contributed by atoms with E-state index in [-0.39, 0.29) is 17.4 Å². The van der Waals surface area contributed by atoms with Crippen molar-refractivity contribution < 1.29 is 14.7 Å². The molecule has 44 heavy (non-hydrogen) atoms. The van der Waals surface area contributed by atoms with Crippen molar-refractivity contribution in [1.82, 2.24) is 14.7 Å². The van der Waals surface area contributed by atoms with Crippen molar-refractivity contribution in [3.63, 3.8) is 0 Å². The van der Waals surface area contributed by atoms with Gasteiger partial charge in [0.1, 0.15) is 11.4 Å². The second-order valence-electron chi connectivity index (χ2n) is 12.5. The summed E-state index contributed by atoms with van der Waals surface area (Å²) in [6.07, 6.45) is 8.51. The van der Waals surface area contributed by atoms with Crippen LogP contribution in [0.3, 0.4) is 0 Å². The number of carboxylic acid groups (broad SMARTS) is 1. The van der Waals surface area contributed by atoms with Gasteiger partial charge >= 0.3 is 5.97 Å². The number of carboxylic acids is 1. The number of hydrogen-bond donors (Lipinski definition) is 3. The van der Waals surface area contributed by atoms with Crippen LogP contribution >= 0.6 is 0 Å². The molecule has 1 unspecified atom stereocenters. The van der Waals surface area contributed by atoms with E-state index in [1.165, 1.54) is 33.1 Å².